The Hall–Kier alpha value is -2.89. The van der Waals surface area contributed by atoms with Gasteiger partial charge in [0.05, 0.1) is 0 Å². The first-order chi connectivity index (χ1) is 11.4. The minimum absolute atomic E-state index is 0.136. The number of aryl methyl sites for hydroxylation is 1. The Balaban J connectivity index is 1.98. The molecule has 24 heavy (non-hydrogen) atoms. The van der Waals surface area contributed by atoms with Crippen LogP contribution >= 0.6 is 0 Å². The van der Waals surface area contributed by atoms with Gasteiger partial charge < -0.3 is 14.6 Å². The smallest absolute Gasteiger partial charge is 0.326 e. The van der Waals surface area contributed by atoms with Gasteiger partial charge in [-0.05, 0) is 24.1 Å². The van der Waals surface area contributed by atoms with Crippen LogP contribution in [0.15, 0.2) is 36.5 Å². The number of aromatic nitrogens is 1. The number of aliphatic carboxylic acids is 1. The van der Waals surface area contributed by atoms with Crippen LogP contribution in [0, 0.1) is 0 Å². The van der Waals surface area contributed by atoms with Gasteiger partial charge in [-0.25, -0.2) is 4.79 Å². The van der Waals surface area contributed by atoms with E-state index >= 15 is 0 Å². The van der Waals surface area contributed by atoms with Gasteiger partial charge in [-0.2, -0.15) is 0 Å². The molecule has 6 nitrogen and oxygen atoms in total. The van der Waals surface area contributed by atoms with E-state index in [9.17, 15) is 19.5 Å². The lowest BCUT2D eigenvalue weighted by Gasteiger charge is -2.34. The molecule has 1 aromatic heterocycles. The number of hydrogen-bond acceptors (Lipinski definition) is 3. The zero-order valence-electron chi connectivity index (χ0n) is 13.5. The fourth-order valence-electron chi connectivity index (χ4n) is 3.07. The highest BCUT2D eigenvalue weighted by Gasteiger charge is 2.35. The predicted molar refractivity (Wildman–Crippen MR) is 86.9 cm³/mol. The molecule has 0 spiro atoms. The summed E-state index contributed by atoms with van der Waals surface area (Å²) in [4.78, 5) is 37.4. The van der Waals surface area contributed by atoms with E-state index in [4.69, 9.17) is 0 Å². The SMILES string of the molecule is CC(=O)c1cc(C(=O)N2Cc3ccccc3CC2C(=O)O)n(C)c1. The van der Waals surface area contributed by atoms with Crippen molar-refractivity contribution in [1.29, 1.82) is 0 Å². The van der Waals surface area contributed by atoms with E-state index < -0.39 is 12.0 Å². The number of carboxylic acid groups (broad SMARTS) is 1. The fraction of sp³-hybridized carbons (Fsp3) is 0.278. The number of carbonyl (C=O) groups excluding carboxylic acids is 2. The largest absolute Gasteiger partial charge is 0.480 e. The molecule has 124 valence electrons. The summed E-state index contributed by atoms with van der Waals surface area (Å²) < 4.78 is 1.57. The molecule has 1 aromatic carbocycles. The van der Waals surface area contributed by atoms with Crippen LogP contribution in [0.25, 0.3) is 0 Å². The van der Waals surface area contributed by atoms with Crippen molar-refractivity contribution in [3.8, 4) is 0 Å². The van der Waals surface area contributed by atoms with Gasteiger partial charge >= 0.3 is 5.97 Å². The average Bonchev–Trinajstić information content (AvgIpc) is 2.95. The van der Waals surface area contributed by atoms with E-state index in [1.807, 2.05) is 24.3 Å². The van der Waals surface area contributed by atoms with Crippen LogP contribution < -0.4 is 0 Å². The third kappa shape index (κ3) is 2.71. The number of nitrogens with zero attached hydrogens (tertiary/aromatic N) is 2. The molecule has 2 aromatic rings. The Morgan fingerprint density at radius 3 is 2.42 bits per heavy atom. The molecule has 0 fully saturated rings. The van der Waals surface area contributed by atoms with Gasteiger partial charge in [0.25, 0.3) is 5.91 Å². The van der Waals surface area contributed by atoms with Crippen molar-refractivity contribution < 1.29 is 19.5 Å². The van der Waals surface area contributed by atoms with Crippen molar-refractivity contribution in [3.63, 3.8) is 0 Å². The van der Waals surface area contributed by atoms with Gasteiger partial charge in [0.1, 0.15) is 11.7 Å². The molecule has 0 radical (unpaired) electrons. The molecule has 1 aliphatic heterocycles. The Bertz CT molecular complexity index is 837. The van der Waals surface area contributed by atoms with Gasteiger partial charge in [-0.15, -0.1) is 0 Å². The number of hydrogen-bond donors (Lipinski definition) is 1. The summed E-state index contributed by atoms with van der Waals surface area (Å²) in [7, 11) is 1.67. The molecule has 2 heterocycles. The number of Topliss-reactive ketones (excluding diaryl/α,β-unsaturated/α-hetero) is 1. The number of amides is 1. The highest BCUT2D eigenvalue weighted by molar-refractivity contribution is 6.00. The Morgan fingerprint density at radius 1 is 1.17 bits per heavy atom. The average molecular weight is 326 g/mol. The minimum Gasteiger partial charge on any atom is -0.480 e. The standard InChI is InChI=1S/C18H18N2O4/c1-11(21)14-8-15(19(2)9-14)17(22)20-10-13-6-4-3-5-12(13)7-16(20)18(23)24/h3-6,8-9,16H,7,10H2,1-2H3,(H,23,24). The van der Waals surface area contributed by atoms with E-state index in [0.29, 0.717) is 11.3 Å². The number of carboxylic acids is 1. The van der Waals surface area contributed by atoms with E-state index in [0.717, 1.165) is 11.1 Å². The molecule has 1 aliphatic rings. The maximum Gasteiger partial charge on any atom is 0.326 e. The van der Waals surface area contributed by atoms with Crippen molar-refractivity contribution in [2.24, 2.45) is 7.05 Å². The second-order valence-corrected chi connectivity index (χ2v) is 6.04. The summed E-state index contributed by atoms with van der Waals surface area (Å²) in [6.07, 6.45) is 1.87. The number of rotatable bonds is 3. The maximum absolute atomic E-state index is 12.9. The van der Waals surface area contributed by atoms with Crippen LogP contribution in [0.5, 0.6) is 0 Å². The second kappa shape index (κ2) is 5.96. The normalized spacial score (nSPS) is 16.6. The molecular formula is C18H18N2O4. The van der Waals surface area contributed by atoms with Crippen molar-refractivity contribution >= 4 is 17.7 Å². The van der Waals surface area contributed by atoms with E-state index in [2.05, 4.69) is 0 Å². The van der Waals surface area contributed by atoms with E-state index in [-0.39, 0.29) is 24.7 Å². The summed E-state index contributed by atoms with van der Waals surface area (Å²) in [5.74, 6) is -1.55. The highest BCUT2D eigenvalue weighted by atomic mass is 16.4. The third-order valence-electron chi connectivity index (χ3n) is 4.43. The number of ketones is 1. The van der Waals surface area contributed by atoms with Gasteiger partial charge in [0, 0.05) is 31.8 Å². The quantitative estimate of drug-likeness (QED) is 0.874. The van der Waals surface area contributed by atoms with Crippen LogP contribution in [0.3, 0.4) is 0 Å². The molecule has 0 bridgehead atoms. The molecule has 0 saturated carbocycles. The maximum atomic E-state index is 12.9. The number of carbonyl (C=O) groups is 3. The van der Waals surface area contributed by atoms with Crippen LogP contribution in [0.1, 0.15) is 38.9 Å². The van der Waals surface area contributed by atoms with Gasteiger partial charge in [-0.3, -0.25) is 9.59 Å². The summed E-state index contributed by atoms with van der Waals surface area (Å²) >= 11 is 0. The minimum atomic E-state index is -1.03. The first kappa shape index (κ1) is 16.0. The lowest BCUT2D eigenvalue weighted by atomic mass is 9.93. The molecule has 0 aliphatic carbocycles. The van der Waals surface area contributed by atoms with Crippen molar-refractivity contribution in [2.45, 2.75) is 25.9 Å². The zero-order valence-corrected chi connectivity index (χ0v) is 13.5. The molecule has 1 N–H and O–H groups in total. The molecule has 3 rings (SSSR count). The van der Waals surface area contributed by atoms with E-state index in [1.54, 1.807) is 17.8 Å². The van der Waals surface area contributed by atoms with Crippen LogP contribution in [-0.4, -0.2) is 38.3 Å². The Morgan fingerprint density at radius 2 is 1.83 bits per heavy atom. The van der Waals surface area contributed by atoms with E-state index in [1.165, 1.54) is 17.9 Å². The van der Waals surface area contributed by atoms with Crippen molar-refractivity contribution in [2.75, 3.05) is 0 Å². The monoisotopic (exact) mass is 326 g/mol. The summed E-state index contributed by atoms with van der Waals surface area (Å²) in [6.45, 7) is 1.67. The molecule has 6 heteroatoms. The van der Waals surface area contributed by atoms with Crippen molar-refractivity contribution in [1.82, 2.24) is 9.47 Å². The Kier molecular flexibility index (Phi) is 3.97. The highest BCUT2D eigenvalue weighted by Crippen LogP contribution is 2.25. The first-order valence-electron chi connectivity index (χ1n) is 7.66. The lowest BCUT2D eigenvalue weighted by molar-refractivity contribution is -0.142. The molecule has 1 unspecified atom stereocenters. The topological polar surface area (TPSA) is 79.6 Å². The summed E-state index contributed by atoms with van der Waals surface area (Å²) in [5.41, 5.74) is 2.64. The molecule has 1 amide bonds. The van der Waals surface area contributed by atoms with Gasteiger partial charge in [-0.1, -0.05) is 24.3 Å². The second-order valence-electron chi connectivity index (χ2n) is 6.04. The molecular weight excluding hydrogens is 308 g/mol. The Labute approximate surface area is 139 Å². The fourth-order valence-corrected chi connectivity index (χ4v) is 3.07. The predicted octanol–water partition coefficient (Wildman–Crippen LogP) is 1.88. The summed E-state index contributed by atoms with van der Waals surface area (Å²) in [5, 5.41) is 9.54. The lowest BCUT2D eigenvalue weighted by Crippen LogP contribution is -2.49. The van der Waals surface area contributed by atoms with Gasteiger partial charge in [0.2, 0.25) is 0 Å². The van der Waals surface area contributed by atoms with Crippen LogP contribution in [0.2, 0.25) is 0 Å². The molecule has 1 atom stereocenters. The summed E-state index contributed by atoms with van der Waals surface area (Å²) in [6, 6.07) is 8.14. The number of fused-ring (bicyclic) bond motifs is 1. The van der Waals surface area contributed by atoms with Crippen LogP contribution in [0.4, 0.5) is 0 Å². The van der Waals surface area contributed by atoms with Crippen molar-refractivity contribution in [3.05, 3.63) is 58.9 Å². The molecule has 0 saturated heterocycles. The van der Waals surface area contributed by atoms with Crippen LogP contribution in [-0.2, 0) is 24.8 Å². The van der Waals surface area contributed by atoms with Gasteiger partial charge in [0.15, 0.2) is 5.78 Å². The first-order valence-corrected chi connectivity index (χ1v) is 7.66. The third-order valence-corrected chi connectivity index (χ3v) is 4.43. The zero-order chi connectivity index (χ0) is 17.4. The number of benzene rings is 1.